The number of ether oxygens (including phenoxy) is 1. The maximum atomic E-state index is 10.6. The van der Waals surface area contributed by atoms with Crippen molar-refractivity contribution in [3.05, 3.63) is 29.8 Å². The predicted octanol–water partition coefficient (Wildman–Crippen LogP) is 1.44. The lowest BCUT2D eigenvalue weighted by Crippen LogP contribution is -2.39. The second-order valence-corrected chi connectivity index (χ2v) is 5.05. The first-order valence-electron chi connectivity index (χ1n) is 6.37. The lowest BCUT2D eigenvalue weighted by Gasteiger charge is -2.33. The second-order valence-electron chi connectivity index (χ2n) is 5.05. The molecule has 1 aliphatic rings. The average molecular weight is 248 g/mol. The van der Waals surface area contributed by atoms with Gasteiger partial charge in [0.15, 0.2) is 6.61 Å². The molecule has 18 heavy (non-hydrogen) atoms. The van der Waals surface area contributed by atoms with Gasteiger partial charge < -0.3 is 15.8 Å². The highest BCUT2D eigenvalue weighted by Gasteiger charge is 2.24. The number of nitrogens with one attached hydrogen (secondary N) is 1. The predicted molar refractivity (Wildman–Crippen MR) is 70.2 cm³/mol. The van der Waals surface area contributed by atoms with Crippen molar-refractivity contribution in [1.29, 1.82) is 0 Å². The van der Waals surface area contributed by atoms with E-state index in [0.717, 1.165) is 12.5 Å². The van der Waals surface area contributed by atoms with Gasteiger partial charge >= 0.3 is 0 Å². The SMILES string of the molecule is CC1CC(NCc2ccc(OCC(N)=O)cc2)C1. The number of benzene rings is 1. The second kappa shape index (κ2) is 5.87. The van der Waals surface area contributed by atoms with Gasteiger partial charge in [0.1, 0.15) is 5.75 Å². The lowest BCUT2D eigenvalue weighted by molar-refractivity contribution is -0.119. The standard InChI is InChI=1S/C14H20N2O2/c1-10-6-12(7-10)16-8-11-2-4-13(5-3-11)18-9-14(15)17/h2-5,10,12,16H,6-9H2,1H3,(H2,15,17). The molecule has 0 unspecified atom stereocenters. The smallest absolute Gasteiger partial charge is 0.255 e. The van der Waals surface area contributed by atoms with Crippen LogP contribution in [0.15, 0.2) is 24.3 Å². The van der Waals surface area contributed by atoms with Crippen LogP contribution in [-0.4, -0.2) is 18.6 Å². The normalized spacial score (nSPS) is 22.3. The summed E-state index contributed by atoms with van der Waals surface area (Å²) in [6.07, 6.45) is 2.56. The number of primary amides is 1. The summed E-state index contributed by atoms with van der Waals surface area (Å²) >= 11 is 0. The molecule has 0 bridgehead atoms. The molecule has 98 valence electrons. The zero-order chi connectivity index (χ0) is 13.0. The minimum Gasteiger partial charge on any atom is -0.484 e. The van der Waals surface area contributed by atoms with Gasteiger partial charge in [0, 0.05) is 12.6 Å². The van der Waals surface area contributed by atoms with E-state index in [0.29, 0.717) is 11.8 Å². The van der Waals surface area contributed by atoms with E-state index in [-0.39, 0.29) is 6.61 Å². The fourth-order valence-electron chi connectivity index (χ4n) is 2.19. The maximum Gasteiger partial charge on any atom is 0.255 e. The van der Waals surface area contributed by atoms with Crippen molar-refractivity contribution in [2.45, 2.75) is 32.4 Å². The molecule has 4 heteroatoms. The summed E-state index contributed by atoms with van der Waals surface area (Å²) in [6.45, 7) is 3.09. The topological polar surface area (TPSA) is 64.3 Å². The number of hydrogen-bond acceptors (Lipinski definition) is 3. The van der Waals surface area contributed by atoms with E-state index in [2.05, 4.69) is 12.2 Å². The Morgan fingerprint density at radius 1 is 1.39 bits per heavy atom. The first kappa shape index (κ1) is 12.9. The number of carbonyl (C=O) groups is 1. The highest BCUT2D eigenvalue weighted by molar-refractivity contribution is 5.75. The molecule has 0 aromatic heterocycles. The minimum absolute atomic E-state index is 0.0719. The molecular formula is C14H20N2O2. The summed E-state index contributed by atoms with van der Waals surface area (Å²) in [7, 11) is 0. The summed E-state index contributed by atoms with van der Waals surface area (Å²) in [5.41, 5.74) is 6.23. The zero-order valence-corrected chi connectivity index (χ0v) is 10.7. The van der Waals surface area contributed by atoms with E-state index in [4.69, 9.17) is 10.5 Å². The minimum atomic E-state index is -0.458. The quantitative estimate of drug-likeness (QED) is 0.800. The fraction of sp³-hybridized carbons (Fsp3) is 0.500. The van der Waals surface area contributed by atoms with Crippen molar-refractivity contribution in [2.24, 2.45) is 11.7 Å². The fourth-order valence-corrected chi connectivity index (χ4v) is 2.19. The molecule has 3 N–H and O–H groups in total. The van der Waals surface area contributed by atoms with Crippen molar-refractivity contribution >= 4 is 5.91 Å². The van der Waals surface area contributed by atoms with Crippen molar-refractivity contribution in [3.63, 3.8) is 0 Å². The van der Waals surface area contributed by atoms with Gasteiger partial charge in [-0.3, -0.25) is 4.79 Å². The van der Waals surface area contributed by atoms with E-state index in [1.54, 1.807) is 0 Å². The molecule has 1 aromatic rings. The van der Waals surface area contributed by atoms with Gasteiger partial charge in [-0.1, -0.05) is 19.1 Å². The maximum absolute atomic E-state index is 10.6. The Morgan fingerprint density at radius 3 is 2.61 bits per heavy atom. The first-order valence-corrected chi connectivity index (χ1v) is 6.37. The Hall–Kier alpha value is -1.55. The third kappa shape index (κ3) is 3.74. The molecule has 1 aromatic carbocycles. The monoisotopic (exact) mass is 248 g/mol. The van der Waals surface area contributed by atoms with Crippen LogP contribution >= 0.6 is 0 Å². The summed E-state index contributed by atoms with van der Waals surface area (Å²) in [5.74, 6) is 1.08. The van der Waals surface area contributed by atoms with E-state index in [9.17, 15) is 4.79 Å². The van der Waals surface area contributed by atoms with Crippen LogP contribution in [0.3, 0.4) is 0 Å². The molecule has 0 atom stereocenters. The van der Waals surface area contributed by atoms with Crippen molar-refractivity contribution in [1.82, 2.24) is 5.32 Å². The number of nitrogens with two attached hydrogens (primary N) is 1. The van der Waals surface area contributed by atoms with Crippen LogP contribution in [0.25, 0.3) is 0 Å². The molecule has 1 saturated carbocycles. The molecule has 0 aliphatic heterocycles. The lowest BCUT2D eigenvalue weighted by atomic mass is 9.82. The summed E-state index contributed by atoms with van der Waals surface area (Å²) < 4.78 is 5.20. The van der Waals surface area contributed by atoms with E-state index in [1.165, 1.54) is 18.4 Å². The Morgan fingerprint density at radius 2 is 2.06 bits per heavy atom. The Kier molecular flexibility index (Phi) is 4.20. The summed E-state index contributed by atoms with van der Waals surface area (Å²) in [5, 5.41) is 3.52. The van der Waals surface area contributed by atoms with Gasteiger partial charge in [-0.2, -0.15) is 0 Å². The molecule has 4 nitrogen and oxygen atoms in total. The van der Waals surface area contributed by atoms with Crippen LogP contribution in [-0.2, 0) is 11.3 Å². The summed E-state index contributed by atoms with van der Waals surface area (Å²) in [6, 6.07) is 8.41. The van der Waals surface area contributed by atoms with Gasteiger partial charge in [0.05, 0.1) is 0 Å². The van der Waals surface area contributed by atoms with Crippen LogP contribution in [0.2, 0.25) is 0 Å². The zero-order valence-electron chi connectivity index (χ0n) is 10.7. The van der Waals surface area contributed by atoms with Crippen LogP contribution in [0.1, 0.15) is 25.3 Å². The van der Waals surface area contributed by atoms with Gasteiger partial charge in [-0.25, -0.2) is 0 Å². The van der Waals surface area contributed by atoms with E-state index < -0.39 is 5.91 Å². The van der Waals surface area contributed by atoms with Crippen LogP contribution in [0.5, 0.6) is 5.75 Å². The largest absolute Gasteiger partial charge is 0.484 e. The van der Waals surface area contributed by atoms with Crippen molar-refractivity contribution in [2.75, 3.05) is 6.61 Å². The molecule has 0 radical (unpaired) electrons. The number of amides is 1. The number of carbonyl (C=O) groups excluding carboxylic acids is 1. The van der Waals surface area contributed by atoms with E-state index >= 15 is 0 Å². The number of rotatable bonds is 6. The average Bonchev–Trinajstić information content (AvgIpc) is 2.32. The molecule has 0 saturated heterocycles. The van der Waals surface area contributed by atoms with Gasteiger partial charge in [-0.15, -0.1) is 0 Å². The van der Waals surface area contributed by atoms with E-state index in [1.807, 2.05) is 24.3 Å². The first-order chi connectivity index (χ1) is 8.63. The Labute approximate surface area is 108 Å². The van der Waals surface area contributed by atoms with Gasteiger partial charge in [0.25, 0.3) is 5.91 Å². The molecule has 0 spiro atoms. The van der Waals surface area contributed by atoms with Crippen LogP contribution in [0, 0.1) is 5.92 Å². The van der Waals surface area contributed by atoms with Gasteiger partial charge in [0.2, 0.25) is 0 Å². The summed E-state index contributed by atoms with van der Waals surface area (Å²) in [4.78, 5) is 10.6. The molecule has 1 aliphatic carbocycles. The molecule has 1 amide bonds. The molecule has 2 rings (SSSR count). The van der Waals surface area contributed by atoms with Crippen LogP contribution in [0.4, 0.5) is 0 Å². The Bertz CT molecular complexity index is 397. The highest BCUT2D eigenvalue weighted by Crippen LogP contribution is 2.26. The molecular weight excluding hydrogens is 228 g/mol. The number of hydrogen-bond donors (Lipinski definition) is 2. The Balaban J connectivity index is 1.75. The van der Waals surface area contributed by atoms with Gasteiger partial charge in [-0.05, 0) is 36.5 Å². The highest BCUT2D eigenvalue weighted by atomic mass is 16.5. The molecule has 0 heterocycles. The third-order valence-corrected chi connectivity index (χ3v) is 3.27. The van der Waals surface area contributed by atoms with Crippen LogP contribution < -0.4 is 15.8 Å². The third-order valence-electron chi connectivity index (χ3n) is 3.27. The molecule has 1 fully saturated rings. The van der Waals surface area contributed by atoms with Crippen molar-refractivity contribution < 1.29 is 9.53 Å². The van der Waals surface area contributed by atoms with Crippen molar-refractivity contribution in [3.8, 4) is 5.75 Å².